The van der Waals surface area contributed by atoms with Crippen molar-refractivity contribution in [1.82, 2.24) is 5.32 Å². The fourth-order valence-electron chi connectivity index (χ4n) is 1.45. The van der Waals surface area contributed by atoms with Crippen molar-refractivity contribution in [3.05, 3.63) is 28.2 Å². The molecule has 1 aromatic carbocycles. The lowest BCUT2D eigenvalue weighted by Crippen LogP contribution is -2.35. The van der Waals surface area contributed by atoms with Crippen LogP contribution in [0.1, 0.15) is 20.3 Å². The minimum atomic E-state index is -3.78. The van der Waals surface area contributed by atoms with E-state index in [9.17, 15) is 17.2 Å². The van der Waals surface area contributed by atoms with Crippen molar-refractivity contribution in [3.63, 3.8) is 0 Å². The minimum absolute atomic E-state index is 0.0596. The quantitative estimate of drug-likeness (QED) is 0.573. The molecule has 1 aromatic rings. The molecule has 20 heavy (non-hydrogen) atoms. The zero-order valence-electron chi connectivity index (χ0n) is 11.2. The molecule has 0 radical (unpaired) electrons. The second kappa shape index (κ2) is 7.33. The zero-order chi connectivity index (χ0) is 15.3. The van der Waals surface area contributed by atoms with Gasteiger partial charge in [-0.2, -0.15) is 0 Å². The van der Waals surface area contributed by atoms with E-state index in [1.165, 1.54) is 6.92 Å². The summed E-state index contributed by atoms with van der Waals surface area (Å²) in [6, 6.07) is 1.69. The Morgan fingerprint density at radius 3 is 2.55 bits per heavy atom. The second-order valence-electron chi connectivity index (χ2n) is 4.41. The highest BCUT2D eigenvalue weighted by atomic mass is 79.9. The molecule has 0 amide bonds. The molecule has 0 aliphatic rings. The number of sulfonamides is 1. The minimum Gasteiger partial charge on any atom is -0.315 e. The first-order chi connectivity index (χ1) is 9.27. The molecule has 1 atom stereocenters. The van der Waals surface area contributed by atoms with Crippen LogP contribution in [0.15, 0.2) is 16.6 Å². The van der Waals surface area contributed by atoms with Gasteiger partial charge in [0, 0.05) is 12.6 Å². The average molecular weight is 371 g/mol. The van der Waals surface area contributed by atoms with Crippen molar-refractivity contribution in [1.29, 1.82) is 0 Å². The third-order valence-corrected chi connectivity index (χ3v) is 4.99. The molecule has 0 aliphatic heterocycles. The molecule has 2 N–H and O–H groups in total. The lowest BCUT2D eigenvalue weighted by atomic mass is 10.3. The number of nitrogens with one attached hydrogen (secondary N) is 2. The summed E-state index contributed by atoms with van der Waals surface area (Å²) in [5.74, 6) is -1.57. The summed E-state index contributed by atoms with van der Waals surface area (Å²) >= 11 is 2.83. The smallest absolute Gasteiger partial charge is 0.236 e. The third-order valence-electron chi connectivity index (χ3n) is 2.65. The maximum absolute atomic E-state index is 13.6. The summed E-state index contributed by atoms with van der Waals surface area (Å²) in [4.78, 5) is 0. The summed E-state index contributed by atoms with van der Waals surface area (Å²) in [7, 11) is -3.78. The summed E-state index contributed by atoms with van der Waals surface area (Å²) < 4.78 is 52.9. The van der Waals surface area contributed by atoms with Crippen molar-refractivity contribution in [2.24, 2.45) is 0 Å². The van der Waals surface area contributed by atoms with Crippen molar-refractivity contribution >= 4 is 31.6 Å². The van der Waals surface area contributed by atoms with Gasteiger partial charge >= 0.3 is 0 Å². The highest BCUT2D eigenvalue weighted by Gasteiger charge is 2.22. The Hall–Kier alpha value is -0.730. The van der Waals surface area contributed by atoms with E-state index in [2.05, 4.69) is 26.0 Å². The molecule has 1 rings (SSSR count). The molecule has 0 fully saturated rings. The monoisotopic (exact) mass is 370 g/mol. The fraction of sp³-hybridized carbons (Fsp3) is 0.500. The maximum Gasteiger partial charge on any atom is 0.236 e. The Morgan fingerprint density at radius 1 is 1.30 bits per heavy atom. The van der Waals surface area contributed by atoms with Crippen molar-refractivity contribution in [2.75, 3.05) is 17.8 Å². The van der Waals surface area contributed by atoms with Gasteiger partial charge < -0.3 is 5.32 Å². The van der Waals surface area contributed by atoms with Gasteiger partial charge in [-0.25, -0.2) is 17.2 Å². The van der Waals surface area contributed by atoms with Crippen LogP contribution < -0.4 is 10.0 Å². The van der Waals surface area contributed by atoms with E-state index in [4.69, 9.17) is 0 Å². The SMILES string of the molecule is CCCNCC(C)S(=O)(=O)Nc1cc(F)c(Br)cc1F. The van der Waals surface area contributed by atoms with E-state index in [1.807, 2.05) is 6.92 Å². The zero-order valence-corrected chi connectivity index (χ0v) is 13.6. The van der Waals surface area contributed by atoms with E-state index in [0.29, 0.717) is 6.54 Å². The van der Waals surface area contributed by atoms with Crippen LogP contribution in [0.3, 0.4) is 0 Å². The molecule has 8 heteroatoms. The predicted molar refractivity (Wildman–Crippen MR) is 79.2 cm³/mol. The molecule has 0 heterocycles. The van der Waals surface area contributed by atoms with Crippen molar-refractivity contribution < 1.29 is 17.2 Å². The van der Waals surface area contributed by atoms with Gasteiger partial charge in [0.25, 0.3) is 0 Å². The summed E-state index contributed by atoms with van der Waals surface area (Å²) in [6.45, 7) is 4.40. The van der Waals surface area contributed by atoms with Gasteiger partial charge in [-0.15, -0.1) is 0 Å². The number of benzene rings is 1. The first-order valence-electron chi connectivity index (χ1n) is 6.14. The number of rotatable bonds is 7. The summed E-state index contributed by atoms with van der Waals surface area (Å²) in [5, 5.41) is 2.20. The van der Waals surface area contributed by atoms with Gasteiger partial charge in [-0.3, -0.25) is 4.72 Å². The average Bonchev–Trinajstić information content (AvgIpc) is 2.35. The summed E-state index contributed by atoms with van der Waals surface area (Å²) in [5.41, 5.74) is -0.395. The van der Waals surface area contributed by atoms with Gasteiger partial charge in [-0.05, 0) is 41.9 Å². The molecule has 0 spiro atoms. The van der Waals surface area contributed by atoms with Crippen LogP contribution in [-0.2, 0) is 10.0 Å². The Morgan fingerprint density at radius 2 is 1.95 bits per heavy atom. The molecular formula is C12H17BrF2N2O2S. The molecule has 114 valence electrons. The van der Waals surface area contributed by atoms with Crippen molar-refractivity contribution in [3.8, 4) is 0 Å². The molecular weight excluding hydrogens is 354 g/mol. The van der Waals surface area contributed by atoms with Gasteiger partial charge in [0.2, 0.25) is 10.0 Å². The Labute approximate surface area is 126 Å². The van der Waals surface area contributed by atoms with E-state index >= 15 is 0 Å². The van der Waals surface area contributed by atoms with Crippen LogP contribution in [0.4, 0.5) is 14.5 Å². The molecule has 0 saturated heterocycles. The number of hydrogen-bond acceptors (Lipinski definition) is 3. The predicted octanol–water partition coefficient (Wildman–Crippen LogP) is 2.86. The molecule has 0 aliphatic carbocycles. The highest BCUT2D eigenvalue weighted by molar-refractivity contribution is 9.10. The normalized spacial score (nSPS) is 13.2. The second-order valence-corrected chi connectivity index (χ2v) is 7.36. The van der Waals surface area contributed by atoms with E-state index < -0.39 is 32.6 Å². The lowest BCUT2D eigenvalue weighted by Gasteiger charge is -2.16. The molecule has 4 nitrogen and oxygen atoms in total. The van der Waals surface area contributed by atoms with Gasteiger partial charge in [0.05, 0.1) is 15.4 Å². The standard InChI is InChI=1S/C12H17BrF2N2O2S/c1-3-4-16-7-8(2)20(18,19)17-12-6-10(14)9(13)5-11(12)15/h5-6,8,16-17H,3-4,7H2,1-2H3. The van der Waals surface area contributed by atoms with Crippen LogP contribution in [-0.4, -0.2) is 26.8 Å². The third kappa shape index (κ3) is 4.68. The molecule has 0 aromatic heterocycles. The van der Waals surface area contributed by atoms with Crippen molar-refractivity contribution in [2.45, 2.75) is 25.5 Å². The topological polar surface area (TPSA) is 58.2 Å². The van der Waals surface area contributed by atoms with Crippen LogP contribution in [0.2, 0.25) is 0 Å². The Balaban J connectivity index is 2.83. The van der Waals surface area contributed by atoms with Crippen LogP contribution >= 0.6 is 15.9 Å². The number of halogens is 3. The number of hydrogen-bond donors (Lipinski definition) is 2. The van der Waals surface area contributed by atoms with E-state index in [1.54, 1.807) is 0 Å². The van der Waals surface area contributed by atoms with Gasteiger partial charge in [-0.1, -0.05) is 6.92 Å². The summed E-state index contributed by atoms with van der Waals surface area (Å²) in [6.07, 6.45) is 0.882. The largest absolute Gasteiger partial charge is 0.315 e. The molecule has 1 unspecified atom stereocenters. The van der Waals surface area contributed by atoms with Crippen LogP contribution in [0.25, 0.3) is 0 Å². The first kappa shape index (κ1) is 17.3. The highest BCUT2D eigenvalue weighted by Crippen LogP contribution is 2.24. The maximum atomic E-state index is 13.6. The van der Waals surface area contributed by atoms with E-state index in [-0.39, 0.29) is 11.0 Å². The van der Waals surface area contributed by atoms with Crippen LogP contribution in [0, 0.1) is 11.6 Å². The Bertz CT molecular complexity index is 567. The molecule has 0 bridgehead atoms. The number of anilines is 1. The van der Waals surface area contributed by atoms with Crippen LogP contribution in [0.5, 0.6) is 0 Å². The fourth-order valence-corrected chi connectivity index (χ4v) is 2.76. The van der Waals surface area contributed by atoms with Gasteiger partial charge in [0.1, 0.15) is 11.6 Å². The first-order valence-corrected chi connectivity index (χ1v) is 8.48. The van der Waals surface area contributed by atoms with Gasteiger partial charge in [0.15, 0.2) is 0 Å². The lowest BCUT2D eigenvalue weighted by molar-refractivity contribution is 0.573. The Kier molecular flexibility index (Phi) is 6.35. The van der Waals surface area contributed by atoms with E-state index in [0.717, 1.165) is 18.6 Å². The molecule has 0 saturated carbocycles.